The van der Waals surface area contributed by atoms with Gasteiger partial charge in [0, 0.05) is 0 Å². The number of rotatable bonds is 0. The number of nitrogens with two attached hydrogens (primary N) is 1. The summed E-state index contributed by atoms with van der Waals surface area (Å²) in [5.41, 5.74) is 5.55. The van der Waals surface area contributed by atoms with Crippen LogP contribution in [0.2, 0.25) is 0 Å². The first kappa shape index (κ1) is 7.75. The molecule has 0 aliphatic carbocycles. The van der Waals surface area contributed by atoms with Crippen molar-refractivity contribution < 1.29 is 5.11 Å². The van der Waals surface area contributed by atoms with Gasteiger partial charge in [0.2, 0.25) is 0 Å². The standard InChI is InChI=1S/C6H4BrN3OS/c7-4-3(11)2-5(8)9-1-10-6(2)12-4/h1,11H,(H2,8,9,10). The molecule has 0 atom stereocenters. The van der Waals surface area contributed by atoms with Crippen LogP contribution in [0.15, 0.2) is 10.1 Å². The summed E-state index contributed by atoms with van der Waals surface area (Å²) in [6, 6.07) is 0. The number of halogens is 1. The van der Waals surface area contributed by atoms with Gasteiger partial charge in [0.1, 0.15) is 20.8 Å². The van der Waals surface area contributed by atoms with Crippen LogP contribution >= 0.6 is 27.3 Å². The molecule has 0 aliphatic heterocycles. The highest BCUT2D eigenvalue weighted by atomic mass is 79.9. The predicted octanol–water partition coefficient (Wildman–Crippen LogP) is 1.74. The molecule has 0 unspecified atom stereocenters. The van der Waals surface area contributed by atoms with Crippen molar-refractivity contribution in [2.45, 2.75) is 0 Å². The molecular formula is C6H4BrN3OS. The first-order chi connectivity index (χ1) is 5.70. The molecule has 12 heavy (non-hydrogen) atoms. The monoisotopic (exact) mass is 245 g/mol. The van der Waals surface area contributed by atoms with Crippen molar-refractivity contribution in [1.82, 2.24) is 9.97 Å². The Morgan fingerprint density at radius 2 is 2.25 bits per heavy atom. The molecular weight excluding hydrogens is 242 g/mol. The van der Waals surface area contributed by atoms with Gasteiger partial charge in [0.15, 0.2) is 5.75 Å². The Labute approximate surface area is 80.2 Å². The molecule has 62 valence electrons. The predicted molar refractivity (Wildman–Crippen MR) is 51.2 cm³/mol. The van der Waals surface area contributed by atoms with E-state index in [2.05, 4.69) is 25.9 Å². The van der Waals surface area contributed by atoms with E-state index in [1.165, 1.54) is 17.7 Å². The van der Waals surface area contributed by atoms with Crippen LogP contribution in [0.25, 0.3) is 10.2 Å². The van der Waals surface area contributed by atoms with E-state index in [1.807, 2.05) is 0 Å². The van der Waals surface area contributed by atoms with E-state index >= 15 is 0 Å². The minimum absolute atomic E-state index is 0.119. The van der Waals surface area contributed by atoms with Crippen LogP contribution in [0.3, 0.4) is 0 Å². The molecule has 2 rings (SSSR count). The van der Waals surface area contributed by atoms with Crippen molar-refractivity contribution in [2.24, 2.45) is 0 Å². The van der Waals surface area contributed by atoms with Gasteiger partial charge in [-0.1, -0.05) is 0 Å². The molecule has 3 N–H and O–H groups in total. The second-order valence-electron chi connectivity index (χ2n) is 2.16. The number of hydrogen-bond acceptors (Lipinski definition) is 5. The highest BCUT2D eigenvalue weighted by Gasteiger charge is 2.12. The van der Waals surface area contributed by atoms with Crippen molar-refractivity contribution in [3.05, 3.63) is 10.1 Å². The molecule has 0 amide bonds. The zero-order valence-corrected chi connectivity index (χ0v) is 8.19. The molecule has 2 heterocycles. The smallest absolute Gasteiger partial charge is 0.153 e. The Bertz CT molecular complexity index is 442. The van der Waals surface area contributed by atoms with Gasteiger partial charge in [-0.3, -0.25) is 0 Å². The van der Waals surface area contributed by atoms with Gasteiger partial charge in [-0.15, -0.1) is 11.3 Å². The fraction of sp³-hybridized carbons (Fsp3) is 0. The van der Waals surface area contributed by atoms with Crippen molar-refractivity contribution in [1.29, 1.82) is 0 Å². The van der Waals surface area contributed by atoms with Crippen LogP contribution in [-0.2, 0) is 0 Å². The Morgan fingerprint density at radius 1 is 1.50 bits per heavy atom. The van der Waals surface area contributed by atoms with Crippen LogP contribution in [0.4, 0.5) is 5.82 Å². The second kappa shape index (κ2) is 2.56. The van der Waals surface area contributed by atoms with E-state index in [1.54, 1.807) is 0 Å². The Morgan fingerprint density at radius 3 is 2.92 bits per heavy atom. The number of nitrogen functional groups attached to an aromatic ring is 1. The minimum Gasteiger partial charge on any atom is -0.505 e. The Balaban J connectivity index is 2.97. The summed E-state index contributed by atoms with van der Waals surface area (Å²) in [5, 5.41) is 10.0. The number of nitrogens with zero attached hydrogens (tertiary/aromatic N) is 2. The molecule has 0 aliphatic rings. The van der Waals surface area contributed by atoms with Gasteiger partial charge in [-0.25, -0.2) is 9.97 Å². The lowest BCUT2D eigenvalue weighted by Gasteiger charge is -1.93. The molecule has 4 nitrogen and oxygen atoms in total. The van der Waals surface area contributed by atoms with Crippen LogP contribution < -0.4 is 5.73 Å². The zero-order valence-electron chi connectivity index (χ0n) is 5.78. The number of anilines is 1. The van der Waals surface area contributed by atoms with Crippen molar-refractivity contribution in [3.63, 3.8) is 0 Å². The summed E-state index contributed by atoms with van der Waals surface area (Å²) in [6.07, 6.45) is 1.38. The Hall–Kier alpha value is -0.880. The molecule has 0 saturated heterocycles. The minimum atomic E-state index is 0.119. The molecule has 0 bridgehead atoms. The number of fused-ring (bicyclic) bond motifs is 1. The SMILES string of the molecule is Nc1ncnc2sc(Br)c(O)c12. The van der Waals surface area contributed by atoms with E-state index in [9.17, 15) is 5.11 Å². The maximum Gasteiger partial charge on any atom is 0.153 e. The van der Waals surface area contributed by atoms with E-state index in [-0.39, 0.29) is 5.75 Å². The third kappa shape index (κ3) is 0.953. The summed E-state index contributed by atoms with van der Waals surface area (Å²) in [7, 11) is 0. The lowest BCUT2D eigenvalue weighted by atomic mass is 10.4. The number of aromatic nitrogens is 2. The first-order valence-electron chi connectivity index (χ1n) is 3.07. The van der Waals surface area contributed by atoms with Gasteiger partial charge in [-0.05, 0) is 15.9 Å². The molecule has 0 radical (unpaired) electrons. The van der Waals surface area contributed by atoms with Crippen LogP contribution in [0, 0.1) is 0 Å². The van der Waals surface area contributed by atoms with E-state index < -0.39 is 0 Å². The number of aromatic hydroxyl groups is 1. The third-order valence-electron chi connectivity index (χ3n) is 1.45. The zero-order chi connectivity index (χ0) is 8.72. The molecule has 0 saturated carbocycles. The quantitative estimate of drug-likeness (QED) is 0.742. The van der Waals surface area contributed by atoms with E-state index in [4.69, 9.17) is 5.73 Å². The van der Waals surface area contributed by atoms with Crippen molar-refractivity contribution in [2.75, 3.05) is 5.73 Å². The lowest BCUT2D eigenvalue weighted by molar-refractivity contribution is 0.481. The normalized spacial score (nSPS) is 10.8. The molecule has 6 heteroatoms. The average molecular weight is 246 g/mol. The summed E-state index contributed by atoms with van der Waals surface area (Å²) in [4.78, 5) is 8.42. The van der Waals surface area contributed by atoms with Crippen LogP contribution in [-0.4, -0.2) is 15.1 Å². The fourth-order valence-electron chi connectivity index (χ4n) is 0.914. The van der Waals surface area contributed by atoms with Gasteiger partial charge in [0.25, 0.3) is 0 Å². The average Bonchev–Trinajstić information content (AvgIpc) is 2.29. The summed E-state index contributed by atoms with van der Waals surface area (Å²) >= 11 is 4.52. The number of hydrogen-bond donors (Lipinski definition) is 2. The topological polar surface area (TPSA) is 72.0 Å². The third-order valence-corrected chi connectivity index (χ3v) is 3.19. The first-order valence-corrected chi connectivity index (χ1v) is 4.68. The van der Waals surface area contributed by atoms with E-state index in [0.29, 0.717) is 19.8 Å². The van der Waals surface area contributed by atoms with Crippen molar-refractivity contribution in [3.8, 4) is 5.75 Å². The Kier molecular flexibility index (Phi) is 1.66. The summed E-state index contributed by atoms with van der Waals surface area (Å²) in [6.45, 7) is 0. The van der Waals surface area contributed by atoms with Gasteiger partial charge in [0.05, 0.1) is 5.39 Å². The molecule has 2 aromatic rings. The van der Waals surface area contributed by atoms with Crippen molar-refractivity contribution >= 4 is 43.3 Å². The van der Waals surface area contributed by atoms with E-state index in [0.717, 1.165) is 0 Å². The molecule has 0 fully saturated rings. The molecule has 0 spiro atoms. The van der Waals surface area contributed by atoms with Gasteiger partial charge < -0.3 is 10.8 Å². The van der Waals surface area contributed by atoms with Crippen LogP contribution in [0.1, 0.15) is 0 Å². The maximum atomic E-state index is 9.48. The summed E-state index contributed by atoms with van der Waals surface area (Å²) < 4.78 is 0.629. The maximum absolute atomic E-state index is 9.48. The summed E-state index contributed by atoms with van der Waals surface area (Å²) in [5.74, 6) is 0.424. The molecule has 2 aromatic heterocycles. The fourth-order valence-corrected chi connectivity index (χ4v) is 2.34. The highest BCUT2D eigenvalue weighted by Crippen LogP contribution is 2.41. The van der Waals surface area contributed by atoms with Crippen LogP contribution in [0.5, 0.6) is 5.75 Å². The highest BCUT2D eigenvalue weighted by molar-refractivity contribution is 9.11. The van der Waals surface area contributed by atoms with Gasteiger partial charge in [-0.2, -0.15) is 0 Å². The largest absolute Gasteiger partial charge is 0.505 e. The number of thiophene rings is 1. The lowest BCUT2D eigenvalue weighted by Crippen LogP contribution is -1.90. The molecule has 0 aromatic carbocycles. The second-order valence-corrected chi connectivity index (χ2v) is 4.48. The van der Waals surface area contributed by atoms with Gasteiger partial charge >= 0.3 is 0 Å².